The van der Waals surface area contributed by atoms with Gasteiger partial charge < -0.3 is 4.57 Å². The molecule has 0 saturated carbocycles. The molecule has 1 aromatic heterocycles. The van der Waals surface area contributed by atoms with E-state index in [9.17, 15) is 0 Å². The second-order valence-electron chi connectivity index (χ2n) is 2.08. The van der Waals surface area contributed by atoms with Gasteiger partial charge in [-0.1, -0.05) is 6.58 Å². The maximum Gasteiger partial charge on any atom is 0.109 e. The fourth-order valence-corrected chi connectivity index (χ4v) is 0.781. The summed E-state index contributed by atoms with van der Waals surface area (Å²) in [6, 6.07) is 0. The Kier molecular flexibility index (Phi) is 1.39. The van der Waals surface area contributed by atoms with Gasteiger partial charge in [-0.15, -0.1) is 0 Å². The highest BCUT2D eigenvalue weighted by molar-refractivity contribution is 5.38. The van der Waals surface area contributed by atoms with E-state index in [1.54, 1.807) is 6.20 Å². The van der Waals surface area contributed by atoms with Gasteiger partial charge in [0.2, 0.25) is 0 Å². The molecule has 0 atom stereocenters. The summed E-state index contributed by atoms with van der Waals surface area (Å²) in [4.78, 5) is 4.04. The third kappa shape index (κ3) is 1.02. The lowest BCUT2D eigenvalue weighted by atomic mass is 10.5. The third-order valence-corrected chi connectivity index (χ3v) is 1.24. The van der Waals surface area contributed by atoms with Crippen LogP contribution in [-0.2, 0) is 0 Å². The van der Waals surface area contributed by atoms with E-state index in [0.717, 1.165) is 11.5 Å². The number of rotatable bonds is 1. The molecule has 2 heteroatoms. The summed E-state index contributed by atoms with van der Waals surface area (Å²) >= 11 is 0. The van der Waals surface area contributed by atoms with Crippen LogP contribution in [0, 0.1) is 6.92 Å². The molecule has 1 rings (SSSR count). The van der Waals surface area contributed by atoms with Crippen LogP contribution in [0.15, 0.2) is 19.0 Å². The van der Waals surface area contributed by atoms with Crippen molar-refractivity contribution in [2.24, 2.45) is 0 Å². The zero-order chi connectivity index (χ0) is 6.85. The summed E-state index contributed by atoms with van der Waals surface area (Å²) in [5, 5.41) is 0. The van der Waals surface area contributed by atoms with Crippen LogP contribution in [0.25, 0.3) is 5.70 Å². The first-order chi connectivity index (χ1) is 4.22. The quantitative estimate of drug-likeness (QED) is 0.554. The van der Waals surface area contributed by atoms with E-state index >= 15 is 0 Å². The van der Waals surface area contributed by atoms with E-state index in [4.69, 9.17) is 0 Å². The van der Waals surface area contributed by atoms with Gasteiger partial charge in [-0.25, -0.2) is 4.98 Å². The maximum absolute atomic E-state index is 4.04. The van der Waals surface area contributed by atoms with Gasteiger partial charge in [0.05, 0.1) is 0 Å². The van der Waals surface area contributed by atoms with E-state index in [2.05, 4.69) is 11.6 Å². The summed E-state index contributed by atoms with van der Waals surface area (Å²) in [5.41, 5.74) is 1.00. The van der Waals surface area contributed by atoms with E-state index in [-0.39, 0.29) is 0 Å². The summed E-state index contributed by atoms with van der Waals surface area (Å²) < 4.78 is 1.94. The monoisotopic (exact) mass is 122 g/mol. The zero-order valence-corrected chi connectivity index (χ0v) is 5.76. The second-order valence-corrected chi connectivity index (χ2v) is 2.08. The summed E-state index contributed by atoms with van der Waals surface area (Å²) in [5.74, 6) is 0.988. The normalized spacial score (nSPS) is 9.56. The molecule has 0 spiro atoms. The third-order valence-electron chi connectivity index (χ3n) is 1.24. The molecule has 0 unspecified atom stereocenters. The standard InChI is InChI=1S/C7H10N2/c1-6(2)9-5-4-8-7(9)3/h4-5H,1H2,2-3H3. The number of hydrogen-bond donors (Lipinski definition) is 0. The molecule has 0 saturated heterocycles. The molecule has 0 N–H and O–H groups in total. The van der Waals surface area contributed by atoms with Crippen molar-refractivity contribution in [1.82, 2.24) is 9.55 Å². The predicted molar refractivity (Wildman–Crippen MR) is 38.0 cm³/mol. The number of aryl methyl sites for hydroxylation is 1. The molecule has 0 aliphatic rings. The van der Waals surface area contributed by atoms with Gasteiger partial charge in [-0.05, 0) is 13.8 Å². The average molecular weight is 122 g/mol. The average Bonchev–Trinajstić information content (AvgIpc) is 2.13. The van der Waals surface area contributed by atoms with Crippen LogP contribution >= 0.6 is 0 Å². The molecule has 0 bridgehead atoms. The molecule has 48 valence electrons. The van der Waals surface area contributed by atoms with Gasteiger partial charge in [0.1, 0.15) is 5.82 Å². The molecular formula is C7H10N2. The number of nitrogens with zero attached hydrogens (tertiary/aromatic N) is 2. The maximum atomic E-state index is 4.04. The second kappa shape index (κ2) is 2.05. The van der Waals surface area contributed by atoms with Crippen molar-refractivity contribution in [3.05, 3.63) is 24.8 Å². The highest BCUT2D eigenvalue weighted by atomic mass is 15.1. The van der Waals surface area contributed by atoms with Crippen molar-refractivity contribution < 1.29 is 0 Å². The Morgan fingerprint density at radius 1 is 1.78 bits per heavy atom. The largest absolute Gasteiger partial charge is 0.309 e. The highest BCUT2D eigenvalue weighted by Crippen LogP contribution is 2.02. The van der Waals surface area contributed by atoms with Crippen LogP contribution in [-0.4, -0.2) is 9.55 Å². The smallest absolute Gasteiger partial charge is 0.109 e. The predicted octanol–water partition coefficient (Wildman–Crippen LogP) is 1.68. The van der Waals surface area contributed by atoms with Gasteiger partial charge in [-0.2, -0.15) is 0 Å². The number of allylic oxidation sites excluding steroid dienone is 1. The lowest BCUT2D eigenvalue weighted by molar-refractivity contribution is 0.992. The fourth-order valence-electron chi connectivity index (χ4n) is 0.781. The van der Waals surface area contributed by atoms with Crippen LogP contribution in [0.4, 0.5) is 0 Å². The summed E-state index contributed by atoms with van der Waals surface area (Å²) in [7, 11) is 0. The Balaban J connectivity index is 3.08. The molecule has 1 aromatic rings. The SMILES string of the molecule is C=C(C)n1ccnc1C. The topological polar surface area (TPSA) is 17.8 Å². The van der Waals surface area contributed by atoms with Crippen molar-refractivity contribution in [1.29, 1.82) is 0 Å². The van der Waals surface area contributed by atoms with Gasteiger partial charge in [0.25, 0.3) is 0 Å². The van der Waals surface area contributed by atoms with Crippen LogP contribution in [0.1, 0.15) is 12.7 Å². The van der Waals surface area contributed by atoms with Crippen molar-refractivity contribution in [2.45, 2.75) is 13.8 Å². The Labute approximate surface area is 54.8 Å². The van der Waals surface area contributed by atoms with Crippen LogP contribution in [0.2, 0.25) is 0 Å². The first kappa shape index (κ1) is 6.08. The minimum Gasteiger partial charge on any atom is -0.309 e. The summed E-state index contributed by atoms with van der Waals surface area (Å²) in [6.07, 6.45) is 3.67. The van der Waals surface area contributed by atoms with Crippen LogP contribution < -0.4 is 0 Å². The van der Waals surface area contributed by atoms with E-state index in [0.29, 0.717) is 0 Å². The van der Waals surface area contributed by atoms with Gasteiger partial charge in [0, 0.05) is 18.1 Å². The summed E-state index contributed by atoms with van der Waals surface area (Å²) in [6.45, 7) is 7.69. The van der Waals surface area contributed by atoms with E-state index < -0.39 is 0 Å². The lowest BCUT2D eigenvalue weighted by Gasteiger charge is -1.99. The van der Waals surface area contributed by atoms with Crippen molar-refractivity contribution in [3.8, 4) is 0 Å². The van der Waals surface area contributed by atoms with Crippen molar-refractivity contribution in [3.63, 3.8) is 0 Å². The molecule has 1 heterocycles. The van der Waals surface area contributed by atoms with E-state index in [1.807, 2.05) is 24.6 Å². The lowest BCUT2D eigenvalue weighted by Crippen LogP contribution is -1.92. The minimum absolute atomic E-state index is 0.988. The molecule has 0 amide bonds. The fraction of sp³-hybridized carbons (Fsp3) is 0.286. The first-order valence-electron chi connectivity index (χ1n) is 2.87. The molecule has 0 radical (unpaired) electrons. The van der Waals surface area contributed by atoms with Crippen molar-refractivity contribution in [2.75, 3.05) is 0 Å². The molecule has 0 aromatic carbocycles. The Bertz CT molecular complexity index is 223. The molecule has 9 heavy (non-hydrogen) atoms. The van der Waals surface area contributed by atoms with Gasteiger partial charge in [-0.3, -0.25) is 0 Å². The van der Waals surface area contributed by atoms with Crippen LogP contribution in [0.3, 0.4) is 0 Å². The van der Waals surface area contributed by atoms with E-state index in [1.165, 1.54) is 0 Å². The van der Waals surface area contributed by atoms with Crippen LogP contribution in [0.5, 0.6) is 0 Å². The number of aromatic nitrogens is 2. The molecule has 2 nitrogen and oxygen atoms in total. The number of hydrogen-bond acceptors (Lipinski definition) is 1. The number of imidazole rings is 1. The Morgan fingerprint density at radius 3 is 2.67 bits per heavy atom. The minimum atomic E-state index is 0.988. The Morgan fingerprint density at radius 2 is 2.44 bits per heavy atom. The molecule has 0 aliphatic carbocycles. The molecule has 0 fully saturated rings. The zero-order valence-electron chi connectivity index (χ0n) is 5.76. The molecule has 0 aliphatic heterocycles. The van der Waals surface area contributed by atoms with Gasteiger partial charge in [0.15, 0.2) is 0 Å². The molecular weight excluding hydrogens is 112 g/mol. The first-order valence-corrected chi connectivity index (χ1v) is 2.87. The highest BCUT2D eigenvalue weighted by Gasteiger charge is 1.93. The van der Waals surface area contributed by atoms with Gasteiger partial charge >= 0.3 is 0 Å². The van der Waals surface area contributed by atoms with Crippen molar-refractivity contribution >= 4 is 5.70 Å². The Hall–Kier alpha value is -1.05.